The molecule has 2 atom stereocenters. The molecule has 2 unspecified atom stereocenters. The van der Waals surface area contributed by atoms with Gasteiger partial charge in [0.15, 0.2) is 0 Å². The number of aliphatic hydroxyl groups is 2. The van der Waals surface area contributed by atoms with E-state index in [9.17, 15) is 5.11 Å². The lowest BCUT2D eigenvalue weighted by molar-refractivity contribution is 0.0899. The van der Waals surface area contributed by atoms with Crippen molar-refractivity contribution in [2.75, 3.05) is 6.61 Å². The smallest absolute Gasteiger partial charge is 0.0542 e. The van der Waals surface area contributed by atoms with E-state index in [1.54, 1.807) is 0 Å². The van der Waals surface area contributed by atoms with Crippen LogP contribution in [0.2, 0.25) is 0 Å². The van der Waals surface area contributed by atoms with E-state index in [0.29, 0.717) is 18.4 Å². The maximum Gasteiger partial charge on any atom is 0.0542 e. The SMILES string of the molecule is CC(C)C(CCCCCCO)C(C)O. The van der Waals surface area contributed by atoms with E-state index < -0.39 is 0 Å². The Morgan fingerprint density at radius 3 is 1.93 bits per heavy atom. The zero-order valence-electron chi connectivity index (χ0n) is 9.87. The van der Waals surface area contributed by atoms with Crippen molar-refractivity contribution in [2.24, 2.45) is 11.8 Å². The van der Waals surface area contributed by atoms with Crippen LogP contribution < -0.4 is 0 Å². The summed E-state index contributed by atoms with van der Waals surface area (Å²) in [5, 5.41) is 18.2. The van der Waals surface area contributed by atoms with Crippen molar-refractivity contribution in [1.29, 1.82) is 0 Å². The first-order chi connectivity index (χ1) is 6.59. The molecule has 0 aliphatic heterocycles. The van der Waals surface area contributed by atoms with E-state index in [-0.39, 0.29) is 6.10 Å². The molecule has 0 aromatic heterocycles. The molecule has 14 heavy (non-hydrogen) atoms. The largest absolute Gasteiger partial charge is 0.396 e. The van der Waals surface area contributed by atoms with Crippen molar-refractivity contribution in [3.63, 3.8) is 0 Å². The molecule has 0 saturated heterocycles. The molecule has 0 amide bonds. The minimum atomic E-state index is -0.187. The van der Waals surface area contributed by atoms with Crippen LogP contribution in [0.5, 0.6) is 0 Å². The molecule has 0 bridgehead atoms. The third-order valence-corrected chi connectivity index (χ3v) is 2.92. The Morgan fingerprint density at radius 2 is 1.50 bits per heavy atom. The predicted molar refractivity (Wildman–Crippen MR) is 60.2 cm³/mol. The summed E-state index contributed by atoms with van der Waals surface area (Å²) >= 11 is 0. The van der Waals surface area contributed by atoms with Crippen LogP contribution in [0.4, 0.5) is 0 Å². The molecule has 0 aliphatic rings. The van der Waals surface area contributed by atoms with Crippen molar-refractivity contribution >= 4 is 0 Å². The van der Waals surface area contributed by atoms with Gasteiger partial charge in [-0.2, -0.15) is 0 Å². The Bertz CT molecular complexity index is 113. The zero-order valence-corrected chi connectivity index (χ0v) is 9.87. The van der Waals surface area contributed by atoms with Crippen LogP contribution in [0.1, 0.15) is 52.9 Å². The fraction of sp³-hybridized carbons (Fsp3) is 1.00. The summed E-state index contributed by atoms with van der Waals surface area (Å²) in [7, 11) is 0. The quantitative estimate of drug-likeness (QED) is 0.594. The molecule has 86 valence electrons. The Kier molecular flexibility index (Phi) is 8.20. The van der Waals surface area contributed by atoms with Gasteiger partial charge in [0.2, 0.25) is 0 Å². The summed E-state index contributed by atoms with van der Waals surface area (Å²) in [6.45, 7) is 6.54. The average molecular weight is 202 g/mol. The van der Waals surface area contributed by atoms with E-state index in [4.69, 9.17) is 5.11 Å². The second kappa shape index (κ2) is 8.25. The summed E-state index contributed by atoms with van der Waals surface area (Å²) in [5.41, 5.74) is 0. The van der Waals surface area contributed by atoms with Gasteiger partial charge < -0.3 is 10.2 Å². The van der Waals surface area contributed by atoms with E-state index in [2.05, 4.69) is 13.8 Å². The van der Waals surface area contributed by atoms with E-state index in [1.807, 2.05) is 6.92 Å². The highest BCUT2D eigenvalue weighted by Crippen LogP contribution is 2.22. The Labute approximate surface area is 88.3 Å². The molecule has 0 spiro atoms. The van der Waals surface area contributed by atoms with Crippen LogP contribution in [0.25, 0.3) is 0 Å². The normalized spacial score (nSPS) is 15.9. The molecule has 0 rings (SSSR count). The van der Waals surface area contributed by atoms with Crippen molar-refractivity contribution in [1.82, 2.24) is 0 Å². The minimum absolute atomic E-state index is 0.187. The van der Waals surface area contributed by atoms with E-state index >= 15 is 0 Å². The van der Waals surface area contributed by atoms with Gasteiger partial charge in [-0.3, -0.25) is 0 Å². The van der Waals surface area contributed by atoms with Gasteiger partial charge in [-0.15, -0.1) is 0 Å². The predicted octanol–water partition coefficient (Wildman–Crippen LogP) is 2.58. The number of rotatable bonds is 8. The van der Waals surface area contributed by atoms with Gasteiger partial charge in [-0.1, -0.05) is 33.1 Å². The Morgan fingerprint density at radius 1 is 0.929 bits per heavy atom. The lowest BCUT2D eigenvalue weighted by atomic mass is 9.86. The van der Waals surface area contributed by atoms with Crippen molar-refractivity contribution < 1.29 is 10.2 Å². The van der Waals surface area contributed by atoms with Crippen LogP contribution in [0.3, 0.4) is 0 Å². The van der Waals surface area contributed by atoms with Crippen molar-refractivity contribution in [3.05, 3.63) is 0 Å². The number of unbranched alkanes of at least 4 members (excludes halogenated alkanes) is 3. The van der Waals surface area contributed by atoms with Crippen LogP contribution in [0.15, 0.2) is 0 Å². The van der Waals surface area contributed by atoms with Gasteiger partial charge in [-0.25, -0.2) is 0 Å². The topological polar surface area (TPSA) is 40.5 Å². The van der Waals surface area contributed by atoms with Crippen molar-refractivity contribution in [3.8, 4) is 0 Å². The third-order valence-electron chi connectivity index (χ3n) is 2.92. The standard InChI is InChI=1S/C12H26O2/c1-10(2)12(11(3)14)8-6-4-5-7-9-13/h10-14H,4-9H2,1-3H3. The maximum atomic E-state index is 9.55. The molecule has 0 fully saturated rings. The first kappa shape index (κ1) is 13.9. The molecule has 0 radical (unpaired) electrons. The molecular formula is C12H26O2. The molecule has 2 N–H and O–H groups in total. The van der Waals surface area contributed by atoms with Gasteiger partial charge in [0, 0.05) is 6.61 Å². The molecule has 0 aromatic carbocycles. The summed E-state index contributed by atoms with van der Waals surface area (Å²) in [6.07, 6.45) is 5.31. The van der Waals surface area contributed by atoms with Gasteiger partial charge in [0.1, 0.15) is 0 Å². The summed E-state index contributed by atoms with van der Waals surface area (Å²) < 4.78 is 0. The van der Waals surface area contributed by atoms with Gasteiger partial charge in [0.05, 0.1) is 6.10 Å². The van der Waals surface area contributed by atoms with Gasteiger partial charge in [-0.05, 0) is 31.6 Å². The fourth-order valence-corrected chi connectivity index (χ4v) is 1.98. The molecule has 2 nitrogen and oxygen atoms in total. The molecule has 0 aromatic rings. The van der Waals surface area contributed by atoms with Gasteiger partial charge >= 0.3 is 0 Å². The molecular weight excluding hydrogens is 176 g/mol. The Hall–Kier alpha value is -0.0800. The highest BCUT2D eigenvalue weighted by molar-refractivity contribution is 4.68. The lowest BCUT2D eigenvalue weighted by Crippen LogP contribution is -2.22. The minimum Gasteiger partial charge on any atom is -0.396 e. The third kappa shape index (κ3) is 6.39. The number of hydrogen-bond donors (Lipinski definition) is 2. The summed E-state index contributed by atoms with van der Waals surface area (Å²) in [4.78, 5) is 0. The van der Waals surface area contributed by atoms with Crippen LogP contribution in [-0.4, -0.2) is 22.9 Å². The first-order valence-electron chi connectivity index (χ1n) is 5.88. The van der Waals surface area contributed by atoms with Crippen LogP contribution in [0, 0.1) is 11.8 Å². The van der Waals surface area contributed by atoms with E-state index in [1.165, 1.54) is 12.8 Å². The fourth-order valence-electron chi connectivity index (χ4n) is 1.98. The van der Waals surface area contributed by atoms with Gasteiger partial charge in [0.25, 0.3) is 0 Å². The highest BCUT2D eigenvalue weighted by Gasteiger charge is 2.17. The number of aliphatic hydroxyl groups excluding tert-OH is 2. The molecule has 0 heterocycles. The first-order valence-corrected chi connectivity index (χ1v) is 5.88. The Balaban J connectivity index is 3.52. The average Bonchev–Trinajstić information content (AvgIpc) is 2.09. The highest BCUT2D eigenvalue weighted by atomic mass is 16.3. The van der Waals surface area contributed by atoms with Crippen LogP contribution >= 0.6 is 0 Å². The zero-order chi connectivity index (χ0) is 11.0. The molecule has 0 saturated carbocycles. The molecule has 0 aliphatic carbocycles. The second-order valence-corrected chi connectivity index (χ2v) is 4.57. The number of hydrogen-bond acceptors (Lipinski definition) is 2. The maximum absolute atomic E-state index is 9.55. The summed E-state index contributed by atoms with van der Waals surface area (Å²) in [5.74, 6) is 0.997. The van der Waals surface area contributed by atoms with Crippen molar-refractivity contribution in [2.45, 2.75) is 59.0 Å². The van der Waals surface area contributed by atoms with E-state index in [0.717, 1.165) is 19.3 Å². The lowest BCUT2D eigenvalue weighted by Gasteiger charge is -2.23. The molecule has 2 heteroatoms. The van der Waals surface area contributed by atoms with Crippen LogP contribution in [-0.2, 0) is 0 Å². The second-order valence-electron chi connectivity index (χ2n) is 4.57. The monoisotopic (exact) mass is 202 g/mol. The summed E-state index contributed by atoms with van der Waals surface area (Å²) in [6, 6.07) is 0.